The van der Waals surface area contributed by atoms with Gasteiger partial charge in [0.1, 0.15) is 5.75 Å². The molecule has 8 nitrogen and oxygen atoms in total. The summed E-state index contributed by atoms with van der Waals surface area (Å²) >= 11 is 0. The second-order valence-electron chi connectivity index (χ2n) is 3.55. The molecule has 0 amide bonds. The molecule has 0 saturated carbocycles. The molecule has 0 unspecified atom stereocenters. The Morgan fingerprint density at radius 2 is 2.22 bits per heavy atom. The molecule has 4 N–H and O–H groups in total. The molecule has 2 heterocycles. The summed E-state index contributed by atoms with van der Waals surface area (Å²) in [6, 6.07) is 4.69. The summed E-state index contributed by atoms with van der Waals surface area (Å²) in [5, 5.41) is 23.2. The van der Waals surface area contributed by atoms with E-state index < -0.39 is 0 Å². The molecule has 18 heavy (non-hydrogen) atoms. The van der Waals surface area contributed by atoms with Gasteiger partial charge in [0.15, 0.2) is 5.69 Å². The first-order valence-corrected chi connectivity index (χ1v) is 5.03. The van der Waals surface area contributed by atoms with E-state index in [9.17, 15) is 5.11 Å². The van der Waals surface area contributed by atoms with Gasteiger partial charge in [-0.1, -0.05) is 5.16 Å². The van der Waals surface area contributed by atoms with E-state index in [2.05, 4.69) is 25.6 Å². The maximum atomic E-state index is 9.51. The third kappa shape index (κ3) is 1.65. The molecule has 0 fully saturated rings. The van der Waals surface area contributed by atoms with Crippen LogP contribution in [0.5, 0.6) is 5.75 Å². The molecule has 0 atom stereocenters. The Morgan fingerprint density at radius 3 is 2.94 bits per heavy atom. The highest BCUT2D eigenvalue weighted by atomic mass is 16.5. The fourth-order valence-electron chi connectivity index (χ4n) is 1.43. The largest absolute Gasteiger partial charge is 0.506 e. The monoisotopic (exact) mass is 244 g/mol. The summed E-state index contributed by atoms with van der Waals surface area (Å²) in [6.07, 6.45) is 1.48. The Bertz CT molecular complexity index is 676. The number of phenolic OH excluding ortho intramolecular Hbond substituents is 1. The molecule has 0 aliphatic rings. The number of nitrogen functional groups attached to an aromatic ring is 1. The average molecular weight is 244 g/mol. The van der Waals surface area contributed by atoms with Crippen LogP contribution < -0.4 is 5.73 Å². The zero-order valence-electron chi connectivity index (χ0n) is 9.03. The number of aromatic amines is 1. The van der Waals surface area contributed by atoms with Crippen molar-refractivity contribution in [3.63, 3.8) is 0 Å². The third-order valence-electron chi connectivity index (χ3n) is 2.35. The van der Waals surface area contributed by atoms with Crippen LogP contribution in [0.2, 0.25) is 0 Å². The Labute approximate surface area is 100 Å². The zero-order valence-corrected chi connectivity index (χ0v) is 9.03. The van der Waals surface area contributed by atoms with E-state index in [1.165, 1.54) is 12.3 Å². The van der Waals surface area contributed by atoms with Crippen molar-refractivity contribution in [3.05, 3.63) is 24.4 Å². The van der Waals surface area contributed by atoms with Gasteiger partial charge in [-0.2, -0.15) is 20.4 Å². The molecule has 0 spiro atoms. The lowest BCUT2D eigenvalue weighted by Gasteiger charge is -1.99. The standard InChI is InChI=1S/C10H8N6O2/c11-6-2-1-5(3-8(6)17)10-13-9(15-18-10)7-4-12-16-14-7/h1-4,17H,11H2,(H,12,14,16). The van der Waals surface area contributed by atoms with Crippen molar-refractivity contribution in [1.82, 2.24) is 25.6 Å². The summed E-state index contributed by atoms with van der Waals surface area (Å²) in [5.74, 6) is 0.548. The van der Waals surface area contributed by atoms with E-state index in [1.807, 2.05) is 0 Å². The summed E-state index contributed by atoms with van der Waals surface area (Å²) in [7, 11) is 0. The molecule has 2 aromatic heterocycles. The predicted molar refractivity (Wildman–Crippen MR) is 61.2 cm³/mol. The van der Waals surface area contributed by atoms with Crippen molar-refractivity contribution in [1.29, 1.82) is 0 Å². The number of nitrogens with zero attached hydrogens (tertiary/aromatic N) is 4. The van der Waals surface area contributed by atoms with Gasteiger partial charge in [0.2, 0.25) is 5.82 Å². The molecule has 3 rings (SSSR count). The van der Waals surface area contributed by atoms with Gasteiger partial charge in [-0.05, 0) is 18.2 Å². The minimum Gasteiger partial charge on any atom is -0.506 e. The van der Waals surface area contributed by atoms with Crippen molar-refractivity contribution in [2.75, 3.05) is 5.73 Å². The average Bonchev–Trinajstić information content (AvgIpc) is 3.01. The fourth-order valence-corrected chi connectivity index (χ4v) is 1.43. The number of aromatic nitrogens is 5. The van der Waals surface area contributed by atoms with E-state index in [0.29, 0.717) is 17.1 Å². The van der Waals surface area contributed by atoms with Gasteiger partial charge < -0.3 is 15.4 Å². The number of hydrogen-bond donors (Lipinski definition) is 3. The van der Waals surface area contributed by atoms with Crippen LogP contribution in [0.15, 0.2) is 28.9 Å². The number of rotatable bonds is 2. The first-order valence-electron chi connectivity index (χ1n) is 5.03. The topological polar surface area (TPSA) is 127 Å². The van der Waals surface area contributed by atoms with Crippen LogP contribution >= 0.6 is 0 Å². The van der Waals surface area contributed by atoms with Gasteiger partial charge in [-0.15, -0.1) is 0 Å². The van der Waals surface area contributed by atoms with Crippen LogP contribution in [0.3, 0.4) is 0 Å². The van der Waals surface area contributed by atoms with E-state index >= 15 is 0 Å². The van der Waals surface area contributed by atoms with Crippen molar-refractivity contribution in [3.8, 4) is 28.7 Å². The molecule has 1 aromatic carbocycles. The van der Waals surface area contributed by atoms with Gasteiger partial charge in [0.25, 0.3) is 5.89 Å². The van der Waals surface area contributed by atoms with Crippen LogP contribution in [0, 0.1) is 0 Å². The lowest BCUT2D eigenvalue weighted by atomic mass is 10.2. The first-order chi connectivity index (χ1) is 8.74. The van der Waals surface area contributed by atoms with E-state index in [0.717, 1.165) is 0 Å². The number of benzene rings is 1. The zero-order chi connectivity index (χ0) is 12.5. The molecular formula is C10H8N6O2. The second-order valence-corrected chi connectivity index (χ2v) is 3.55. The lowest BCUT2D eigenvalue weighted by molar-refractivity contribution is 0.431. The Balaban J connectivity index is 2.00. The fraction of sp³-hybridized carbons (Fsp3) is 0. The number of aromatic hydroxyl groups is 1. The van der Waals surface area contributed by atoms with E-state index in [4.69, 9.17) is 10.3 Å². The molecular weight excluding hydrogens is 236 g/mol. The van der Waals surface area contributed by atoms with Crippen molar-refractivity contribution >= 4 is 5.69 Å². The smallest absolute Gasteiger partial charge is 0.258 e. The minimum atomic E-state index is -0.0336. The Morgan fingerprint density at radius 1 is 1.33 bits per heavy atom. The SMILES string of the molecule is Nc1ccc(-c2nc(-c3cn[nH]n3)no2)cc1O. The van der Waals surface area contributed by atoms with Gasteiger partial charge in [-0.25, -0.2) is 0 Å². The maximum absolute atomic E-state index is 9.51. The summed E-state index contributed by atoms with van der Waals surface area (Å²) in [6.45, 7) is 0. The normalized spacial score (nSPS) is 10.7. The van der Waals surface area contributed by atoms with Crippen molar-refractivity contribution in [2.24, 2.45) is 0 Å². The van der Waals surface area contributed by atoms with Crippen LogP contribution in [0.25, 0.3) is 23.0 Å². The highest BCUT2D eigenvalue weighted by Crippen LogP contribution is 2.27. The minimum absolute atomic E-state index is 0.0336. The number of H-pyrrole nitrogens is 1. The van der Waals surface area contributed by atoms with Gasteiger partial charge >= 0.3 is 0 Å². The molecule has 0 aliphatic carbocycles. The highest BCUT2D eigenvalue weighted by molar-refractivity contribution is 5.64. The number of anilines is 1. The molecule has 0 aliphatic heterocycles. The van der Waals surface area contributed by atoms with Gasteiger partial charge in [0, 0.05) is 5.56 Å². The first kappa shape index (κ1) is 10.3. The van der Waals surface area contributed by atoms with Gasteiger partial charge in [0.05, 0.1) is 11.9 Å². The van der Waals surface area contributed by atoms with E-state index in [1.54, 1.807) is 12.1 Å². The van der Waals surface area contributed by atoms with Crippen LogP contribution in [-0.2, 0) is 0 Å². The quantitative estimate of drug-likeness (QED) is 0.449. The number of nitrogens with one attached hydrogen (secondary N) is 1. The van der Waals surface area contributed by atoms with E-state index in [-0.39, 0.29) is 17.3 Å². The summed E-state index contributed by atoms with van der Waals surface area (Å²) < 4.78 is 5.07. The molecule has 90 valence electrons. The second kappa shape index (κ2) is 3.84. The highest BCUT2D eigenvalue weighted by Gasteiger charge is 2.13. The van der Waals surface area contributed by atoms with Crippen molar-refractivity contribution in [2.45, 2.75) is 0 Å². The maximum Gasteiger partial charge on any atom is 0.258 e. The Kier molecular flexibility index (Phi) is 2.19. The van der Waals surface area contributed by atoms with Gasteiger partial charge in [-0.3, -0.25) is 0 Å². The summed E-state index contributed by atoms with van der Waals surface area (Å²) in [4.78, 5) is 4.14. The molecule has 0 bridgehead atoms. The van der Waals surface area contributed by atoms with Crippen LogP contribution in [0.1, 0.15) is 0 Å². The number of phenols is 1. The van der Waals surface area contributed by atoms with Crippen molar-refractivity contribution < 1.29 is 9.63 Å². The van der Waals surface area contributed by atoms with Crippen LogP contribution in [-0.4, -0.2) is 30.7 Å². The predicted octanol–water partition coefficient (Wildman–Crippen LogP) is 0.809. The molecule has 0 radical (unpaired) electrons. The molecule has 3 aromatic rings. The summed E-state index contributed by atoms with van der Waals surface area (Å²) in [5.41, 5.74) is 6.85. The Hall–Kier alpha value is -2.90. The number of nitrogens with two attached hydrogens (primary N) is 1. The third-order valence-corrected chi connectivity index (χ3v) is 2.35. The molecule has 0 saturated heterocycles. The number of hydrogen-bond acceptors (Lipinski definition) is 7. The van der Waals surface area contributed by atoms with Crippen LogP contribution in [0.4, 0.5) is 5.69 Å². The molecule has 8 heteroatoms. The lowest BCUT2D eigenvalue weighted by Crippen LogP contribution is -1.86.